The van der Waals surface area contributed by atoms with E-state index < -0.39 is 0 Å². The molecule has 0 fully saturated rings. The van der Waals surface area contributed by atoms with Gasteiger partial charge >= 0.3 is 0 Å². The molecule has 0 aliphatic heterocycles. The molecular weight excluding hydrogens is 336 g/mol. The molecule has 1 aliphatic rings. The monoisotopic (exact) mass is 362 g/mol. The topological polar surface area (TPSA) is 60.7 Å². The first-order chi connectivity index (χ1) is 12.9. The molecule has 1 atom stereocenters. The van der Waals surface area contributed by atoms with Crippen LogP contribution >= 0.6 is 0 Å². The van der Waals surface area contributed by atoms with Crippen molar-refractivity contribution >= 4 is 12.2 Å². The Morgan fingerprint density at radius 3 is 2.33 bits per heavy atom. The Balaban J connectivity index is 0.000000817. The zero-order valence-corrected chi connectivity index (χ0v) is 15.8. The minimum atomic E-state index is 0.0538. The van der Waals surface area contributed by atoms with Crippen LogP contribution in [-0.4, -0.2) is 15.3 Å². The largest absolute Gasteiger partial charge is 0.508 e. The lowest BCUT2D eigenvalue weighted by molar-refractivity contribution is 0.441. The van der Waals surface area contributed by atoms with Crippen LogP contribution in [0.1, 0.15) is 55.7 Å². The lowest BCUT2D eigenvalue weighted by atomic mass is 9.83. The smallest absolute Gasteiger partial charge is 0.123 e. The average molecular weight is 362 g/mol. The number of rotatable bonds is 3. The number of phenolic OH excluding ortho intramolecular Hbond substituents is 3. The quantitative estimate of drug-likeness (QED) is 0.366. The number of terminal acetylenes is 1. The van der Waals surface area contributed by atoms with Gasteiger partial charge in [0.25, 0.3) is 0 Å². The molecule has 3 heteroatoms. The fraction of sp³-hybridized carbons (Fsp3) is 0.250. The summed E-state index contributed by atoms with van der Waals surface area (Å²) in [6.45, 7) is 3.77. The van der Waals surface area contributed by atoms with Crippen LogP contribution in [0.3, 0.4) is 0 Å². The Hall–Kier alpha value is -3.12. The summed E-state index contributed by atoms with van der Waals surface area (Å²) in [4.78, 5) is 0. The second kappa shape index (κ2) is 9.54. The molecule has 3 rings (SSSR count). The molecule has 27 heavy (non-hydrogen) atoms. The lowest BCUT2D eigenvalue weighted by Crippen LogP contribution is -2.04. The van der Waals surface area contributed by atoms with E-state index in [0.717, 1.165) is 36.0 Å². The van der Waals surface area contributed by atoms with E-state index in [-0.39, 0.29) is 23.2 Å². The molecular formula is C24H26O3. The first-order valence-corrected chi connectivity index (χ1v) is 9.02. The molecule has 0 bridgehead atoms. The number of aromatic hydroxyl groups is 3. The Kier molecular flexibility index (Phi) is 7.14. The van der Waals surface area contributed by atoms with Gasteiger partial charge < -0.3 is 15.3 Å². The Morgan fingerprint density at radius 1 is 1.04 bits per heavy atom. The second-order valence-electron chi connectivity index (χ2n) is 6.69. The van der Waals surface area contributed by atoms with Crippen LogP contribution in [0.4, 0.5) is 0 Å². The maximum Gasteiger partial charge on any atom is 0.123 e. The van der Waals surface area contributed by atoms with Crippen LogP contribution in [0.5, 0.6) is 17.2 Å². The third-order valence-electron chi connectivity index (χ3n) is 4.47. The highest BCUT2D eigenvalue weighted by Crippen LogP contribution is 2.40. The van der Waals surface area contributed by atoms with E-state index >= 15 is 0 Å². The zero-order valence-electron chi connectivity index (χ0n) is 15.8. The summed E-state index contributed by atoms with van der Waals surface area (Å²) in [6.07, 6.45) is 13.8. The van der Waals surface area contributed by atoms with Crippen molar-refractivity contribution in [3.63, 3.8) is 0 Å². The van der Waals surface area contributed by atoms with Gasteiger partial charge in [-0.1, -0.05) is 35.9 Å². The Bertz CT molecular complexity index is 868. The minimum Gasteiger partial charge on any atom is -0.508 e. The summed E-state index contributed by atoms with van der Waals surface area (Å²) in [5, 5.41) is 29.6. The maximum atomic E-state index is 10.4. The van der Waals surface area contributed by atoms with Crippen molar-refractivity contribution in [1.29, 1.82) is 0 Å². The molecule has 3 N–H and O–H groups in total. The highest BCUT2D eigenvalue weighted by molar-refractivity contribution is 5.74. The summed E-state index contributed by atoms with van der Waals surface area (Å²) in [6, 6.07) is 9.99. The van der Waals surface area contributed by atoms with Gasteiger partial charge in [-0.15, -0.1) is 12.3 Å². The number of phenols is 3. The van der Waals surface area contributed by atoms with Gasteiger partial charge in [0.05, 0.1) is 0 Å². The maximum absolute atomic E-state index is 10.4. The highest BCUT2D eigenvalue weighted by Gasteiger charge is 2.20. The Labute approximate surface area is 161 Å². The first kappa shape index (κ1) is 20.2. The van der Waals surface area contributed by atoms with Gasteiger partial charge in [-0.05, 0) is 62.4 Å². The van der Waals surface area contributed by atoms with Crippen molar-refractivity contribution in [3.05, 3.63) is 64.7 Å². The molecule has 0 amide bonds. The highest BCUT2D eigenvalue weighted by atomic mass is 16.3. The summed E-state index contributed by atoms with van der Waals surface area (Å²) in [5.41, 5.74) is 3.96. The van der Waals surface area contributed by atoms with E-state index in [9.17, 15) is 15.3 Å². The number of allylic oxidation sites excluding steroid dienone is 2. The molecule has 0 saturated heterocycles. The van der Waals surface area contributed by atoms with E-state index in [0.29, 0.717) is 0 Å². The van der Waals surface area contributed by atoms with Crippen LogP contribution in [0.15, 0.2) is 48.0 Å². The van der Waals surface area contributed by atoms with Gasteiger partial charge in [0.1, 0.15) is 17.2 Å². The van der Waals surface area contributed by atoms with E-state index in [4.69, 9.17) is 0 Å². The standard InChI is InChI=1S/C21H22O3.C3H4/c1-14-3-2-4-16(11-14)21-17(12-19(23)13-20(21)24)8-5-15-6-9-18(22)10-7-15;1-3-2/h5-13,16,22-24H,2-4H2,1H3;1H,2H3/b8-5+;. The predicted molar refractivity (Wildman–Crippen MR) is 112 cm³/mol. The van der Waals surface area contributed by atoms with Crippen molar-refractivity contribution < 1.29 is 15.3 Å². The van der Waals surface area contributed by atoms with Crippen molar-refractivity contribution in [1.82, 2.24) is 0 Å². The van der Waals surface area contributed by atoms with E-state index in [1.807, 2.05) is 24.3 Å². The van der Waals surface area contributed by atoms with Crippen LogP contribution in [0.25, 0.3) is 12.2 Å². The second-order valence-corrected chi connectivity index (χ2v) is 6.69. The van der Waals surface area contributed by atoms with Gasteiger partial charge in [0, 0.05) is 17.5 Å². The van der Waals surface area contributed by atoms with Crippen LogP contribution in [0, 0.1) is 12.3 Å². The summed E-state index contributed by atoms with van der Waals surface area (Å²) < 4.78 is 0. The molecule has 0 aromatic heterocycles. The van der Waals surface area contributed by atoms with Crippen molar-refractivity contribution in [2.24, 2.45) is 0 Å². The van der Waals surface area contributed by atoms with Crippen LogP contribution < -0.4 is 0 Å². The van der Waals surface area contributed by atoms with Crippen molar-refractivity contribution in [2.45, 2.75) is 39.0 Å². The van der Waals surface area contributed by atoms with E-state index in [1.165, 1.54) is 11.6 Å². The molecule has 2 aromatic carbocycles. The average Bonchev–Trinajstić information content (AvgIpc) is 2.61. The molecule has 3 nitrogen and oxygen atoms in total. The molecule has 2 aromatic rings. The van der Waals surface area contributed by atoms with Crippen molar-refractivity contribution in [2.75, 3.05) is 0 Å². The van der Waals surface area contributed by atoms with Gasteiger partial charge in [0.2, 0.25) is 0 Å². The number of benzene rings is 2. The van der Waals surface area contributed by atoms with Gasteiger partial charge in [-0.3, -0.25) is 0 Å². The van der Waals surface area contributed by atoms with Crippen LogP contribution in [0.2, 0.25) is 0 Å². The van der Waals surface area contributed by atoms with Gasteiger partial charge in [0.15, 0.2) is 0 Å². The summed E-state index contributed by atoms with van der Waals surface area (Å²) in [5.74, 6) is 2.83. The van der Waals surface area contributed by atoms with Gasteiger partial charge in [-0.25, -0.2) is 0 Å². The molecule has 1 unspecified atom stereocenters. The molecule has 1 aliphatic carbocycles. The minimum absolute atomic E-state index is 0.0538. The Morgan fingerprint density at radius 2 is 1.70 bits per heavy atom. The lowest BCUT2D eigenvalue weighted by Gasteiger charge is -2.22. The molecule has 0 heterocycles. The SMILES string of the molecule is C#CC.CC1=CC(c2c(O)cc(O)cc2/C=C/c2ccc(O)cc2)CCC1. The summed E-state index contributed by atoms with van der Waals surface area (Å²) in [7, 11) is 0. The first-order valence-electron chi connectivity index (χ1n) is 9.02. The third kappa shape index (κ3) is 5.69. The zero-order chi connectivity index (χ0) is 19.8. The van der Waals surface area contributed by atoms with E-state index in [2.05, 4.69) is 25.3 Å². The molecule has 0 spiro atoms. The molecule has 140 valence electrons. The van der Waals surface area contributed by atoms with Crippen LogP contribution in [-0.2, 0) is 0 Å². The van der Waals surface area contributed by atoms with Crippen molar-refractivity contribution in [3.8, 4) is 29.6 Å². The summed E-state index contributed by atoms with van der Waals surface area (Å²) >= 11 is 0. The van der Waals surface area contributed by atoms with Gasteiger partial charge in [-0.2, -0.15) is 0 Å². The fourth-order valence-corrected chi connectivity index (χ4v) is 3.30. The predicted octanol–water partition coefficient (Wildman–Crippen LogP) is 5.83. The number of hydrogen-bond acceptors (Lipinski definition) is 3. The molecule has 0 saturated carbocycles. The fourth-order valence-electron chi connectivity index (χ4n) is 3.30. The normalized spacial score (nSPS) is 16.2. The molecule has 0 radical (unpaired) electrons. The van der Waals surface area contributed by atoms with E-state index in [1.54, 1.807) is 25.1 Å². The number of hydrogen-bond donors (Lipinski definition) is 3. The third-order valence-corrected chi connectivity index (χ3v) is 4.47.